The van der Waals surface area contributed by atoms with Gasteiger partial charge < -0.3 is 10.3 Å². The van der Waals surface area contributed by atoms with E-state index in [0.29, 0.717) is 5.69 Å². The molecule has 0 fully saturated rings. The number of H-pyrrole nitrogens is 1. The molecule has 3 aromatic heterocycles. The van der Waals surface area contributed by atoms with Crippen LogP contribution in [0.4, 0.5) is 0 Å². The highest BCUT2D eigenvalue weighted by molar-refractivity contribution is 5.98. The van der Waals surface area contributed by atoms with Gasteiger partial charge in [0.05, 0.1) is 5.69 Å². The zero-order valence-electron chi connectivity index (χ0n) is 11.1. The van der Waals surface area contributed by atoms with Crippen LogP contribution in [0.1, 0.15) is 24.3 Å². The van der Waals surface area contributed by atoms with Crippen molar-refractivity contribution in [1.29, 1.82) is 0 Å². The van der Waals surface area contributed by atoms with Crippen LogP contribution in [-0.2, 0) is 5.66 Å². The summed E-state index contributed by atoms with van der Waals surface area (Å²) >= 11 is 0. The van der Waals surface area contributed by atoms with E-state index in [1.807, 2.05) is 38.2 Å². The Hall–Kier alpha value is -2.63. The molecule has 20 heavy (non-hydrogen) atoms. The first-order valence-electron chi connectivity index (χ1n) is 6.42. The lowest BCUT2D eigenvalue weighted by Gasteiger charge is -2.19. The molecule has 6 heteroatoms. The molecule has 4 rings (SSSR count). The third-order valence-electron chi connectivity index (χ3n) is 3.62. The maximum Gasteiger partial charge on any atom is 0.271 e. The zero-order chi connectivity index (χ0) is 13.9. The summed E-state index contributed by atoms with van der Waals surface area (Å²) in [6.45, 7) is 3.85. The summed E-state index contributed by atoms with van der Waals surface area (Å²) in [6, 6.07) is 5.70. The Morgan fingerprint density at radius 3 is 3.00 bits per heavy atom. The Labute approximate surface area is 114 Å². The Kier molecular flexibility index (Phi) is 1.95. The third-order valence-corrected chi connectivity index (χ3v) is 3.62. The number of carbonyl (C=O) groups excluding carboxylic acids is 1. The molecule has 0 aliphatic carbocycles. The van der Waals surface area contributed by atoms with E-state index < -0.39 is 5.66 Å². The van der Waals surface area contributed by atoms with E-state index in [-0.39, 0.29) is 5.91 Å². The van der Waals surface area contributed by atoms with Crippen LogP contribution in [0.2, 0.25) is 0 Å². The first-order chi connectivity index (χ1) is 9.56. The molecule has 0 bridgehead atoms. The van der Waals surface area contributed by atoms with Crippen molar-refractivity contribution in [3.63, 3.8) is 0 Å². The SMILES string of the molecule is CC1(C)NC(=O)c2cc(-c3c[nH]c4ncccc34)nn21. The van der Waals surface area contributed by atoms with Gasteiger partial charge in [-0.2, -0.15) is 5.10 Å². The van der Waals surface area contributed by atoms with Crippen LogP contribution in [0, 0.1) is 0 Å². The number of nitrogens with zero attached hydrogens (tertiary/aromatic N) is 3. The van der Waals surface area contributed by atoms with E-state index in [0.717, 1.165) is 22.3 Å². The van der Waals surface area contributed by atoms with Gasteiger partial charge in [-0.3, -0.25) is 4.79 Å². The molecule has 0 spiro atoms. The van der Waals surface area contributed by atoms with E-state index in [4.69, 9.17) is 0 Å². The number of aromatic nitrogens is 4. The van der Waals surface area contributed by atoms with Gasteiger partial charge in [-0.25, -0.2) is 9.67 Å². The predicted octanol–water partition coefficient (Wildman–Crippen LogP) is 1.86. The lowest BCUT2D eigenvalue weighted by Crippen LogP contribution is -2.37. The van der Waals surface area contributed by atoms with E-state index in [2.05, 4.69) is 20.4 Å². The molecular weight excluding hydrogens is 254 g/mol. The van der Waals surface area contributed by atoms with Crippen molar-refractivity contribution >= 4 is 16.9 Å². The van der Waals surface area contributed by atoms with Crippen LogP contribution < -0.4 is 5.32 Å². The number of hydrogen-bond donors (Lipinski definition) is 2. The van der Waals surface area contributed by atoms with E-state index >= 15 is 0 Å². The highest BCUT2D eigenvalue weighted by atomic mass is 16.2. The molecule has 6 nitrogen and oxygen atoms in total. The average molecular weight is 267 g/mol. The second kappa shape index (κ2) is 3.47. The minimum Gasteiger partial charge on any atom is -0.345 e. The normalized spacial score (nSPS) is 16.4. The Bertz CT molecular complexity index is 842. The van der Waals surface area contributed by atoms with Crippen molar-refractivity contribution in [2.75, 3.05) is 0 Å². The summed E-state index contributed by atoms with van der Waals surface area (Å²) in [5, 5.41) is 8.46. The van der Waals surface area contributed by atoms with E-state index in [1.54, 1.807) is 10.9 Å². The molecule has 1 aliphatic heterocycles. The smallest absolute Gasteiger partial charge is 0.271 e. The van der Waals surface area contributed by atoms with Crippen LogP contribution in [-0.4, -0.2) is 25.7 Å². The number of pyridine rings is 1. The van der Waals surface area contributed by atoms with Crippen LogP contribution in [0.5, 0.6) is 0 Å². The predicted molar refractivity (Wildman–Crippen MR) is 74.1 cm³/mol. The highest BCUT2D eigenvalue weighted by Crippen LogP contribution is 2.30. The van der Waals surface area contributed by atoms with Crippen LogP contribution >= 0.6 is 0 Å². The number of nitrogens with one attached hydrogen (secondary N) is 2. The van der Waals surface area contributed by atoms with Crippen LogP contribution in [0.3, 0.4) is 0 Å². The molecular formula is C14H13N5O. The maximum atomic E-state index is 11.9. The minimum absolute atomic E-state index is 0.0910. The number of rotatable bonds is 1. The molecule has 0 radical (unpaired) electrons. The number of amides is 1. The van der Waals surface area contributed by atoms with Crippen LogP contribution in [0.15, 0.2) is 30.6 Å². The van der Waals surface area contributed by atoms with Gasteiger partial charge >= 0.3 is 0 Å². The number of carbonyl (C=O) groups is 1. The van der Waals surface area contributed by atoms with Gasteiger partial charge in [0.25, 0.3) is 5.91 Å². The summed E-state index contributed by atoms with van der Waals surface area (Å²) in [7, 11) is 0. The van der Waals surface area contributed by atoms with Crippen molar-refractivity contribution < 1.29 is 4.79 Å². The fourth-order valence-corrected chi connectivity index (χ4v) is 2.66. The fraction of sp³-hybridized carbons (Fsp3) is 0.214. The van der Waals surface area contributed by atoms with Gasteiger partial charge in [0.15, 0.2) is 0 Å². The van der Waals surface area contributed by atoms with Crippen molar-refractivity contribution in [3.05, 3.63) is 36.3 Å². The second-order valence-electron chi connectivity index (χ2n) is 5.44. The lowest BCUT2D eigenvalue weighted by molar-refractivity contribution is 0.0932. The Morgan fingerprint density at radius 1 is 1.35 bits per heavy atom. The molecule has 2 N–H and O–H groups in total. The summed E-state index contributed by atoms with van der Waals surface area (Å²) in [5.74, 6) is -0.0910. The molecule has 0 saturated carbocycles. The van der Waals surface area contributed by atoms with Crippen molar-refractivity contribution in [2.45, 2.75) is 19.5 Å². The van der Waals surface area contributed by atoms with Gasteiger partial charge in [-0.05, 0) is 32.0 Å². The third kappa shape index (κ3) is 1.36. The second-order valence-corrected chi connectivity index (χ2v) is 5.44. The first-order valence-corrected chi connectivity index (χ1v) is 6.42. The highest BCUT2D eigenvalue weighted by Gasteiger charge is 2.36. The molecule has 4 heterocycles. The quantitative estimate of drug-likeness (QED) is 0.706. The standard InChI is InChI=1S/C14H13N5O/c1-14(2)17-13(20)11-6-10(18-19(11)14)9-7-16-12-8(9)4-3-5-15-12/h3-7H,1-2H3,(H,15,16)(H,17,20). The van der Waals surface area contributed by atoms with Crippen molar-refractivity contribution in [1.82, 2.24) is 25.1 Å². The molecule has 1 amide bonds. The maximum absolute atomic E-state index is 11.9. The Balaban J connectivity index is 1.93. The topological polar surface area (TPSA) is 75.6 Å². The molecule has 1 aliphatic rings. The average Bonchev–Trinajstić information content (AvgIpc) is 3.05. The van der Waals surface area contributed by atoms with Crippen LogP contribution in [0.25, 0.3) is 22.3 Å². The molecule has 0 saturated heterocycles. The van der Waals surface area contributed by atoms with Gasteiger partial charge in [-0.15, -0.1) is 0 Å². The molecule has 3 aromatic rings. The molecule has 0 unspecified atom stereocenters. The molecule has 0 atom stereocenters. The number of hydrogen-bond acceptors (Lipinski definition) is 3. The largest absolute Gasteiger partial charge is 0.345 e. The lowest BCUT2D eigenvalue weighted by atomic mass is 10.1. The number of aromatic amines is 1. The van der Waals surface area contributed by atoms with Gasteiger partial charge in [0.1, 0.15) is 17.0 Å². The van der Waals surface area contributed by atoms with Gasteiger partial charge in [0, 0.05) is 23.3 Å². The Morgan fingerprint density at radius 2 is 2.20 bits per heavy atom. The van der Waals surface area contributed by atoms with Crippen molar-refractivity contribution in [3.8, 4) is 11.3 Å². The van der Waals surface area contributed by atoms with Gasteiger partial charge in [-0.1, -0.05) is 0 Å². The zero-order valence-corrected chi connectivity index (χ0v) is 11.1. The minimum atomic E-state index is -0.491. The summed E-state index contributed by atoms with van der Waals surface area (Å²) in [6.07, 6.45) is 3.62. The summed E-state index contributed by atoms with van der Waals surface area (Å²) in [4.78, 5) is 19.3. The monoisotopic (exact) mass is 267 g/mol. The van der Waals surface area contributed by atoms with Gasteiger partial charge in [0.2, 0.25) is 0 Å². The number of fused-ring (bicyclic) bond motifs is 2. The first kappa shape index (κ1) is 11.2. The fourth-order valence-electron chi connectivity index (χ4n) is 2.66. The summed E-state index contributed by atoms with van der Waals surface area (Å²) < 4.78 is 1.74. The van der Waals surface area contributed by atoms with E-state index in [1.165, 1.54) is 0 Å². The molecule has 0 aromatic carbocycles. The molecule has 100 valence electrons. The van der Waals surface area contributed by atoms with Crippen molar-refractivity contribution in [2.24, 2.45) is 0 Å². The van der Waals surface area contributed by atoms with E-state index in [9.17, 15) is 4.79 Å². The summed E-state index contributed by atoms with van der Waals surface area (Å²) in [5.41, 5.74) is 2.65.